The monoisotopic (exact) mass is 322 g/mol. The number of rotatable bonds is 5. The van der Waals surface area contributed by atoms with Gasteiger partial charge in [0.25, 0.3) is 5.56 Å². The SMILES string of the molecule is Cl.O=C(CCn1cnc2ccccc2c1=O)NCC1CNC1. The molecule has 1 aromatic heterocycles. The van der Waals surface area contributed by atoms with Crippen molar-refractivity contribution in [1.29, 1.82) is 0 Å². The number of amides is 1. The molecule has 118 valence electrons. The predicted octanol–water partition coefficient (Wildman–Crippen LogP) is 0.544. The predicted molar refractivity (Wildman–Crippen MR) is 87.2 cm³/mol. The topological polar surface area (TPSA) is 76.0 Å². The van der Waals surface area contributed by atoms with Crippen molar-refractivity contribution in [2.45, 2.75) is 13.0 Å². The molecule has 7 heteroatoms. The second-order valence-corrected chi connectivity index (χ2v) is 5.34. The van der Waals surface area contributed by atoms with Gasteiger partial charge < -0.3 is 10.6 Å². The molecule has 2 aromatic rings. The molecule has 0 saturated carbocycles. The standard InChI is InChI=1S/C15H18N4O2.ClH/c20-14(17-9-11-7-16-8-11)5-6-19-10-18-13-4-2-1-3-12(13)15(19)21;/h1-4,10-11,16H,5-9H2,(H,17,20);1H. The van der Waals surface area contributed by atoms with E-state index in [1.165, 1.54) is 10.9 Å². The minimum absolute atomic E-state index is 0. The summed E-state index contributed by atoms with van der Waals surface area (Å²) < 4.78 is 1.49. The van der Waals surface area contributed by atoms with E-state index in [0.29, 0.717) is 36.3 Å². The Morgan fingerprint density at radius 3 is 2.86 bits per heavy atom. The van der Waals surface area contributed by atoms with Gasteiger partial charge in [0.1, 0.15) is 0 Å². The molecule has 3 rings (SSSR count). The van der Waals surface area contributed by atoms with Crippen LogP contribution < -0.4 is 16.2 Å². The van der Waals surface area contributed by atoms with Gasteiger partial charge in [-0.1, -0.05) is 12.1 Å². The molecule has 1 aliphatic rings. The number of para-hydroxylation sites is 1. The Morgan fingerprint density at radius 2 is 2.14 bits per heavy atom. The molecule has 0 spiro atoms. The van der Waals surface area contributed by atoms with Gasteiger partial charge in [-0.3, -0.25) is 14.2 Å². The van der Waals surface area contributed by atoms with Crippen molar-refractivity contribution in [1.82, 2.24) is 20.2 Å². The Hall–Kier alpha value is -1.92. The second kappa shape index (κ2) is 7.38. The molecule has 22 heavy (non-hydrogen) atoms. The van der Waals surface area contributed by atoms with Gasteiger partial charge in [-0.15, -0.1) is 12.4 Å². The first-order chi connectivity index (χ1) is 10.2. The van der Waals surface area contributed by atoms with E-state index in [2.05, 4.69) is 15.6 Å². The van der Waals surface area contributed by atoms with Crippen LogP contribution in [-0.4, -0.2) is 35.1 Å². The zero-order chi connectivity index (χ0) is 14.7. The second-order valence-electron chi connectivity index (χ2n) is 5.34. The molecule has 0 aliphatic carbocycles. The summed E-state index contributed by atoms with van der Waals surface area (Å²) in [6.07, 6.45) is 1.80. The molecule has 1 aromatic carbocycles. The van der Waals surface area contributed by atoms with E-state index in [-0.39, 0.29) is 23.9 Å². The Bertz CT molecular complexity index is 712. The minimum atomic E-state index is -0.100. The van der Waals surface area contributed by atoms with Crippen molar-refractivity contribution < 1.29 is 4.79 Å². The van der Waals surface area contributed by atoms with E-state index in [9.17, 15) is 9.59 Å². The molecule has 6 nitrogen and oxygen atoms in total. The van der Waals surface area contributed by atoms with Gasteiger partial charge in [0, 0.05) is 38.5 Å². The third-order valence-corrected chi connectivity index (χ3v) is 3.77. The maximum atomic E-state index is 12.2. The fraction of sp³-hybridized carbons (Fsp3) is 0.400. The molecule has 1 amide bonds. The van der Waals surface area contributed by atoms with Crippen LogP contribution in [0.15, 0.2) is 35.4 Å². The maximum absolute atomic E-state index is 12.2. The number of nitrogens with zero attached hydrogens (tertiary/aromatic N) is 2. The average Bonchev–Trinajstić information content (AvgIpc) is 2.45. The lowest BCUT2D eigenvalue weighted by atomic mass is 10.0. The van der Waals surface area contributed by atoms with E-state index in [1.807, 2.05) is 12.1 Å². The molecular weight excluding hydrogens is 304 g/mol. The highest BCUT2D eigenvalue weighted by Crippen LogP contribution is 2.05. The number of fused-ring (bicyclic) bond motifs is 1. The highest BCUT2D eigenvalue weighted by atomic mass is 35.5. The average molecular weight is 323 g/mol. The molecule has 0 unspecified atom stereocenters. The van der Waals surface area contributed by atoms with Crippen molar-refractivity contribution >= 4 is 29.2 Å². The van der Waals surface area contributed by atoms with Crippen LogP contribution in [0, 0.1) is 5.92 Å². The van der Waals surface area contributed by atoms with Crippen LogP contribution >= 0.6 is 12.4 Å². The number of nitrogens with one attached hydrogen (secondary N) is 2. The summed E-state index contributed by atoms with van der Waals surface area (Å²) in [5.41, 5.74) is 0.581. The highest BCUT2D eigenvalue weighted by molar-refractivity contribution is 5.85. The summed E-state index contributed by atoms with van der Waals surface area (Å²) in [6, 6.07) is 7.22. The molecule has 2 heterocycles. The summed E-state index contributed by atoms with van der Waals surface area (Å²) in [4.78, 5) is 28.3. The van der Waals surface area contributed by atoms with Crippen LogP contribution in [0.1, 0.15) is 6.42 Å². The number of hydrogen-bond donors (Lipinski definition) is 2. The van der Waals surface area contributed by atoms with Crippen LogP contribution in [0.3, 0.4) is 0 Å². The van der Waals surface area contributed by atoms with Crippen LogP contribution in [-0.2, 0) is 11.3 Å². The van der Waals surface area contributed by atoms with E-state index in [1.54, 1.807) is 12.1 Å². The summed E-state index contributed by atoms with van der Waals surface area (Å²) in [6.45, 7) is 2.99. The van der Waals surface area contributed by atoms with E-state index >= 15 is 0 Å². The molecule has 1 fully saturated rings. The minimum Gasteiger partial charge on any atom is -0.356 e. The Kier molecular flexibility index (Phi) is 5.51. The van der Waals surface area contributed by atoms with Gasteiger partial charge in [0.05, 0.1) is 17.2 Å². The number of benzene rings is 1. The number of hydrogen-bond acceptors (Lipinski definition) is 4. The van der Waals surface area contributed by atoms with Crippen LogP contribution in [0.5, 0.6) is 0 Å². The lowest BCUT2D eigenvalue weighted by molar-refractivity contribution is -0.121. The molecule has 2 N–H and O–H groups in total. The molecular formula is C15H19ClN4O2. The van der Waals surface area contributed by atoms with Crippen molar-refractivity contribution in [3.63, 3.8) is 0 Å². The number of aromatic nitrogens is 2. The third kappa shape index (κ3) is 3.64. The first-order valence-electron chi connectivity index (χ1n) is 7.15. The summed E-state index contributed by atoms with van der Waals surface area (Å²) in [5, 5.41) is 6.64. The molecule has 0 bridgehead atoms. The van der Waals surface area contributed by atoms with Crippen molar-refractivity contribution in [3.8, 4) is 0 Å². The van der Waals surface area contributed by atoms with Crippen molar-refractivity contribution in [3.05, 3.63) is 40.9 Å². The van der Waals surface area contributed by atoms with Crippen LogP contribution in [0.2, 0.25) is 0 Å². The Labute approximate surface area is 134 Å². The molecule has 0 radical (unpaired) electrons. The lowest BCUT2D eigenvalue weighted by Gasteiger charge is -2.27. The first-order valence-corrected chi connectivity index (χ1v) is 7.15. The van der Waals surface area contributed by atoms with Gasteiger partial charge in [0.15, 0.2) is 0 Å². The van der Waals surface area contributed by atoms with E-state index in [4.69, 9.17) is 0 Å². The summed E-state index contributed by atoms with van der Waals surface area (Å²) in [5.74, 6) is 0.515. The van der Waals surface area contributed by atoms with Crippen LogP contribution in [0.4, 0.5) is 0 Å². The van der Waals surface area contributed by atoms with Gasteiger partial charge in [-0.25, -0.2) is 4.98 Å². The quantitative estimate of drug-likeness (QED) is 0.842. The summed E-state index contributed by atoms with van der Waals surface area (Å²) in [7, 11) is 0. The number of carbonyl (C=O) groups is 1. The molecule has 1 aliphatic heterocycles. The molecule has 0 atom stereocenters. The number of halogens is 1. The maximum Gasteiger partial charge on any atom is 0.261 e. The molecule has 1 saturated heterocycles. The van der Waals surface area contributed by atoms with E-state index in [0.717, 1.165) is 13.1 Å². The lowest BCUT2D eigenvalue weighted by Crippen LogP contribution is -2.48. The van der Waals surface area contributed by atoms with Gasteiger partial charge >= 0.3 is 0 Å². The van der Waals surface area contributed by atoms with Crippen molar-refractivity contribution in [2.75, 3.05) is 19.6 Å². The van der Waals surface area contributed by atoms with E-state index < -0.39 is 0 Å². The third-order valence-electron chi connectivity index (χ3n) is 3.77. The van der Waals surface area contributed by atoms with Crippen LogP contribution in [0.25, 0.3) is 10.9 Å². The van der Waals surface area contributed by atoms with Gasteiger partial charge in [0.2, 0.25) is 5.91 Å². The largest absolute Gasteiger partial charge is 0.356 e. The van der Waals surface area contributed by atoms with Gasteiger partial charge in [-0.2, -0.15) is 0 Å². The zero-order valence-corrected chi connectivity index (χ0v) is 12.9. The zero-order valence-electron chi connectivity index (χ0n) is 12.1. The number of carbonyl (C=O) groups excluding carboxylic acids is 1. The number of aryl methyl sites for hydroxylation is 1. The Balaban J connectivity index is 0.00000176. The van der Waals surface area contributed by atoms with Crippen molar-refractivity contribution in [2.24, 2.45) is 5.92 Å². The first kappa shape index (κ1) is 16.5. The summed E-state index contributed by atoms with van der Waals surface area (Å²) >= 11 is 0. The highest BCUT2D eigenvalue weighted by Gasteiger charge is 2.17. The normalized spacial score (nSPS) is 14.2. The Morgan fingerprint density at radius 1 is 1.36 bits per heavy atom. The fourth-order valence-corrected chi connectivity index (χ4v) is 2.33. The van der Waals surface area contributed by atoms with Gasteiger partial charge in [-0.05, 0) is 12.1 Å². The fourth-order valence-electron chi connectivity index (χ4n) is 2.33. The smallest absolute Gasteiger partial charge is 0.261 e.